The summed E-state index contributed by atoms with van der Waals surface area (Å²) in [7, 11) is 1.35. The van der Waals surface area contributed by atoms with Gasteiger partial charge in [-0.25, -0.2) is 14.2 Å². The first-order valence-electron chi connectivity index (χ1n) is 11.0. The van der Waals surface area contributed by atoms with Crippen LogP contribution in [0.5, 0.6) is 0 Å². The zero-order valence-electron chi connectivity index (χ0n) is 19.5. The van der Waals surface area contributed by atoms with Crippen LogP contribution in [-0.4, -0.2) is 29.1 Å². The number of nitrogens with zero attached hydrogens (tertiary/aromatic N) is 2. The molecule has 2 aromatic carbocycles. The van der Waals surface area contributed by atoms with Crippen molar-refractivity contribution in [1.82, 2.24) is 4.90 Å². The second-order valence-electron chi connectivity index (χ2n) is 8.44. The van der Waals surface area contributed by atoms with Crippen molar-refractivity contribution in [3.05, 3.63) is 87.9 Å². The number of halogens is 1. The van der Waals surface area contributed by atoms with E-state index in [-0.39, 0.29) is 18.1 Å². The van der Waals surface area contributed by atoms with Gasteiger partial charge in [0, 0.05) is 11.4 Å². The van der Waals surface area contributed by atoms with Crippen molar-refractivity contribution in [2.24, 2.45) is 4.99 Å². The summed E-state index contributed by atoms with van der Waals surface area (Å²) < 4.78 is 18.3. The predicted octanol–water partition coefficient (Wildman–Crippen LogP) is 5.73. The summed E-state index contributed by atoms with van der Waals surface area (Å²) >= 11 is 1.41. The number of allylic oxidation sites excluding steroid dienone is 1. The third kappa shape index (κ3) is 4.77. The average molecular weight is 480 g/mol. The van der Waals surface area contributed by atoms with E-state index in [0.29, 0.717) is 28.0 Å². The summed E-state index contributed by atoms with van der Waals surface area (Å²) in [5.74, 6) is -0.696. The van der Waals surface area contributed by atoms with E-state index in [1.54, 1.807) is 6.92 Å². The average Bonchev–Trinajstić information content (AvgIpc) is 3.20. The first-order chi connectivity index (χ1) is 16.3. The van der Waals surface area contributed by atoms with Crippen molar-refractivity contribution in [3.8, 4) is 0 Å². The Bertz CT molecular complexity index is 1200. The lowest BCUT2D eigenvalue weighted by Crippen LogP contribution is -2.37. The lowest BCUT2D eigenvalue weighted by molar-refractivity contribution is -0.136. The fraction of sp³-hybridized carbons (Fsp3) is 0.269. The molecule has 2 aliphatic rings. The van der Waals surface area contributed by atoms with Gasteiger partial charge in [0.25, 0.3) is 0 Å². The molecule has 2 aliphatic heterocycles. The van der Waals surface area contributed by atoms with E-state index in [1.807, 2.05) is 22.4 Å². The monoisotopic (exact) mass is 479 g/mol. The molecule has 1 atom stereocenters. The highest BCUT2D eigenvalue weighted by molar-refractivity contribution is 8.16. The Labute approximate surface area is 202 Å². The second-order valence-corrected chi connectivity index (χ2v) is 9.27. The van der Waals surface area contributed by atoms with Gasteiger partial charge in [0.05, 0.1) is 30.8 Å². The van der Waals surface area contributed by atoms with Crippen LogP contribution in [0.25, 0.3) is 0 Å². The molecule has 4 rings (SSSR count). The number of hydrogen-bond acceptors (Lipinski definition) is 6. The van der Waals surface area contributed by atoms with E-state index in [1.165, 1.54) is 48.7 Å². The van der Waals surface area contributed by atoms with E-state index in [0.717, 1.165) is 11.3 Å². The van der Waals surface area contributed by atoms with Gasteiger partial charge >= 0.3 is 5.97 Å². The molecule has 0 unspecified atom stereocenters. The van der Waals surface area contributed by atoms with Crippen LogP contribution in [-0.2, 0) is 14.3 Å². The smallest absolute Gasteiger partial charge is 0.338 e. The molecule has 34 heavy (non-hydrogen) atoms. The Kier molecular flexibility index (Phi) is 6.88. The van der Waals surface area contributed by atoms with Crippen molar-refractivity contribution >= 4 is 34.5 Å². The quantitative estimate of drug-likeness (QED) is 0.536. The van der Waals surface area contributed by atoms with E-state index >= 15 is 0 Å². The molecule has 0 aliphatic carbocycles. The number of fused-ring (bicyclic) bond motifs is 1. The van der Waals surface area contributed by atoms with Gasteiger partial charge < -0.3 is 15.0 Å². The zero-order valence-corrected chi connectivity index (χ0v) is 20.3. The van der Waals surface area contributed by atoms with Crippen LogP contribution >= 0.6 is 11.8 Å². The number of carbonyl (C=O) groups excluding carboxylic acids is 2. The van der Waals surface area contributed by atoms with Crippen molar-refractivity contribution in [3.63, 3.8) is 0 Å². The minimum Gasteiger partial charge on any atom is -0.466 e. The molecular formula is C26H26FN3O3S. The second kappa shape index (κ2) is 9.85. The molecule has 8 heteroatoms. The number of hydrogen-bond donors (Lipinski definition) is 1. The normalized spacial score (nSPS) is 17.4. The molecule has 0 radical (unpaired) electrons. The van der Waals surface area contributed by atoms with E-state index in [2.05, 4.69) is 36.3 Å². The summed E-state index contributed by atoms with van der Waals surface area (Å²) in [4.78, 5) is 32.2. The minimum absolute atomic E-state index is 0.0669. The Morgan fingerprint density at radius 1 is 1.15 bits per heavy atom. The lowest BCUT2D eigenvalue weighted by atomic mass is 9.92. The molecule has 0 fully saturated rings. The molecule has 0 aromatic heterocycles. The van der Waals surface area contributed by atoms with Crippen LogP contribution in [0.3, 0.4) is 0 Å². The Hall–Kier alpha value is -3.39. The third-order valence-corrected chi connectivity index (χ3v) is 6.68. The van der Waals surface area contributed by atoms with Crippen LogP contribution in [0.15, 0.2) is 75.9 Å². The SMILES string of the molecule is COC(=O)C1=C(C)N=C2SC=C(CC(=O)Nc3ccc(F)cc3)N2[C@@H]1c1ccc(C(C)C)cc1. The van der Waals surface area contributed by atoms with Crippen LogP contribution < -0.4 is 5.32 Å². The third-order valence-electron chi connectivity index (χ3n) is 5.79. The number of amidine groups is 1. The number of amides is 1. The number of ether oxygens (including phenoxy) is 1. The van der Waals surface area contributed by atoms with E-state index in [4.69, 9.17) is 4.74 Å². The minimum atomic E-state index is -0.471. The van der Waals surface area contributed by atoms with E-state index < -0.39 is 12.0 Å². The predicted molar refractivity (Wildman–Crippen MR) is 133 cm³/mol. The number of methoxy groups -OCH3 is 1. The van der Waals surface area contributed by atoms with Crippen molar-refractivity contribution in [1.29, 1.82) is 0 Å². The van der Waals surface area contributed by atoms with Crippen LogP contribution in [0.1, 0.15) is 50.3 Å². The fourth-order valence-corrected chi connectivity index (χ4v) is 4.99. The lowest BCUT2D eigenvalue weighted by Gasteiger charge is -2.36. The Morgan fingerprint density at radius 2 is 1.82 bits per heavy atom. The Balaban J connectivity index is 1.65. The highest BCUT2D eigenvalue weighted by Crippen LogP contribution is 2.45. The summed E-state index contributed by atoms with van der Waals surface area (Å²) in [5, 5.41) is 5.38. The number of carbonyl (C=O) groups is 2. The van der Waals surface area contributed by atoms with Crippen molar-refractivity contribution < 1.29 is 18.7 Å². The molecule has 1 N–H and O–H groups in total. The molecule has 0 bridgehead atoms. The van der Waals surface area contributed by atoms with Gasteiger partial charge in [-0.15, -0.1) is 0 Å². The number of thioether (sulfide) groups is 1. The first kappa shape index (κ1) is 23.8. The van der Waals surface area contributed by atoms with Crippen LogP contribution in [0.4, 0.5) is 10.1 Å². The summed E-state index contributed by atoms with van der Waals surface area (Å²) in [6, 6.07) is 13.3. The first-order valence-corrected chi connectivity index (χ1v) is 11.8. The van der Waals surface area contributed by atoms with Gasteiger partial charge in [-0.05, 0) is 53.6 Å². The van der Waals surface area contributed by atoms with Crippen molar-refractivity contribution in [2.75, 3.05) is 12.4 Å². The van der Waals surface area contributed by atoms with Gasteiger partial charge in [-0.3, -0.25) is 4.79 Å². The van der Waals surface area contributed by atoms with Gasteiger partial charge in [0.1, 0.15) is 5.82 Å². The summed E-state index contributed by atoms with van der Waals surface area (Å²) in [5.41, 5.74) is 4.36. The molecule has 2 aromatic rings. The molecule has 1 amide bonds. The van der Waals surface area contributed by atoms with Gasteiger partial charge in [0.2, 0.25) is 5.91 Å². The van der Waals surface area contributed by atoms with Crippen LogP contribution in [0.2, 0.25) is 0 Å². The largest absolute Gasteiger partial charge is 0.466 e. The fourth-order valence-electron chi connectivity index (χ4n) is 4.02. The topological polar surface area (TPSA) is 71.0 Å². The van der Waals surface area contributed by atoms with Crippen molar-refractivity contribution in [2.45, 2.75) is 39.2 Å². The van der Waals surface area contributed by atoms with Gasteiger partial charge in [-0.1, -0.05) is 49.9 Å². The molecule has 2 heterocycles. The number of anilines is 1. The highest BCUT2D eigenvalue weighted by Gasteiger charge is 2.41. The molecule has 0 saturated carbocycles. The zero-order chi connectivity index (χ0) is 24.4. The molecular weight excluding hydrogens is 453 g/mol. The summed E-state index contributed by atoms with van der Waals surface area (Å²) in [6.45, 7) is 6.05. The molecule has 0 saturated heterocycles. The maximum atomic E-state index is 13.2. The molecule has 0 spiro atoms. The standard InChI is InChI=1S/C26H26FN3O3S/c1-15(2)17-5-7-18(8-6-17)24-23(25(32)33-4)16(3)28-26-30(24)21(14-34-26)13-22(31)29-20-11-9-19(27)10-12-20/h5-12,14-15,24H,13H2,1-4H3,(H,29,31)/t24-/m1/s1. The van der Waals surface area contributed by atoms with Gasteiger partial charge in [0.15, 0.2) is 5.17 Å². The number of benzene rings is 2. The Morgan fingerprint density at radius 3 is 2.44 bits per heavy atom. The molecule has 6 nitrogen and oxygen atoms in total. The van der Waals surface area contributed by atoms with Crippen LogP contribution in [0, 0.1) is 5.82 Å². The number of rotatable bonds is 6. The summed E-state index contributed by atoms with van der Waals surface area (Å²) in [6.07, 6.45) is 0.0669. The van der Waals surface area contributed by atoms with E-state index in [9.17, 15) is 14.0 Å². The number of esters is 1. The maximum absolute atomic E-state index is 13.2. The maximum Gasteiger partial charge on any atom is 0.338 e. The molecule has 176 valence electrons. The highest BCUT2D eigenvalue weighted by atomic mass is 32.2. The van der Waals surface area contributed by atoms with Gasteiger partial charge in [-0.2, -0.15) is 0 Å². The number of aliphatic imine (C=N–C) groups is 1. The number of nitrogens with one attached hydrogen (secondary N) is 1.